The maximum atomic E-state index is 9.12. The molecule has 1 aromatic carbocycles. The fraction of sp³-hybridized carbons (Fsp3) is 0.562. The molecule has 0 fully saturated rings. The molecule has 3 nitrogen and oxygen atoms in total. The molecule has 0 saturated carbocycles. The zero-order chi connectivity index (χ0) is 14.1. The van der Waals surface area contributed by atoms with Gasteiger partial charge >= 0.3 is 0 Å². The molecule has 0 amide bonds. The van der Waals surface area contributed by atoms with Gasteiger partial charge in [-0.15, -0.1) is 0 Å². The van der Waals surface area contributed by atoms with Gasteiger partial charge in [-0.05, 0) is 50.9 Å². The Morgan fingerprint density at radius 3 is 2.74 bits per heavy atom. The molecule has 0 aliphatic heterocycles. The highest BCUT2D eigenvalue weighted by molar-refractivity contribution is 5.48. The zero-order valence-electron chi connectivity index (χ0n) is 12.3. The summed E-state index contributed by atoms with van der Waals surface area (Å²) in [5, 5.41) is 12.4. The van der Waals surface area contributed by atoms with Crippen molar-refractivity contribution in [2.45, 2.75) is 39.7 Å². The molecule has 19 heavy (non-hydrogen) atoms. The van der Waals surface area contributed by atoms with Gasteiger partial charge in [0.05, 0.1) is 12.1 Å². The second kappa shape index (κ2) is 8.55. The molecule has 0 aromatic heterocycles. The van der Waals surface area contributed by atoms with E-state index in [1.165, 1.54) is 11.3 Å². The Morgan fingerprint density at radius 1 is 1.37 bits per heavy atom. The van der Waals surface area contributed by atoms with E-state index < -0.39 is 0 Å². The second-order valence-electron chi connectivity index (χ2n) is 4.84. The van der Waals surface area contributed by atoms with Crippen LogP contribution < -0.4 is 10.2 Å². The van der Waals surface area contributed by atoms with E-state index in [0.717, 1.165) is 32.5 Å². The van der Waals surface area contributed by atoms with E-state index in [1.54, 1.807) is 0 Å². The van der Waals surface area contributed by atoms with E-state index in [1.807, 2.05) is 0 Å². The largest absolute Gasteiger partial charge is 0.372 e. The maximum Gasteiger partial charge on any atom is 0.0969 e. The lowest BCUT2D eigenvalue weighted by Crippen LogP contribution is -2.34. The van der Waals surface area contributed by atoms with Crippen LogP contribution >= 0.6 is 0 Å². The van der Waals surface area contributed by atoms with Crippen LogP contribution in [0.25, 0.3) is 0 Å². The Balaban J connectivity index is 2.55. The molecule has 1 rings (SSSR count). The minimum absolute atomic E-state index is 0.0428. The molecule has 0 bridgehead atoms. The van der Waals surface area contributed by atoms with Gasteiger partial charge in [-0.3, -0.25) is 0 Å². The highest BCUT2D eigenvalue weighted by atomic mass is 15.1. The van der Waals surface area contributed by atoms with Gasteiger partial charge in [-0.25, -0.2) is 0 Å². The van der Waals surface area contributed by atoms with Crippen LogP contribution in [0.5, 0.6) is 0 Å². The summed E-state index contributed by atoms with van der Waals surface area (Å²) < 4.78 is 0. The van der Waals surface area contributed by atoms with Gasteiger partial charge in [0.2, 0.25) is 0 Å². The summed E-state index contributed by atoms with van der Waals surface area (Å²) in [5.41, 5.74) is 2.52. The third-order valence-electron chi connectivity index (χ3n) is 3.23. The van der Waals surface area contributed by atoms with Crippen molar-refractivity contribution in [3.8, 4) is 6.07 Å². The van der Waals surface area contributed by atoms with Crippen LogP contribution in [0, 0.1) is 18.3 Å². The van der Waals surface area contributed by atoms with Crippen molar-refractivity contribution in [3.63, 3.8) is 0 Å². The molecule has 3 heteroatoms. The lowest BCUT2D eigenvalue weighted by molar-refractivity contribution is 0.557. The standard InChI is InChI=1S/C16H25N3/c1-4-10-18-15(13-17)9-11-19(5-2)16-8-6-7-14(3)12-16/h6-8,12,15,18H,4-5,9-11H2,1-3H3. The molecule has 1 N–H and O–H groups in total. The monoisotopic (exact) mass is 259 g/mol. The molecule has 1 unspecified atom stereocenters. The first-order valence-corrected chi connectivity index (χ1v) is 7.15. The topological polar surface area (TPSA) is 39.1 Å². The summed E-state index contributed by atoms with van der Waals surface area (Å²) in [6, 6.07) is 10.8. The Bertz CT molecular complexity index is 409. The van der Waals surface area contributed by atoms with Crippen LogP contribution in [-0.2, 0) is 0 Å². The number of rotatable bonds is 8. The smallest absolute Gasteiger partial charge is 0.0969 e. The lowest BCUT2D eigenvalue weighted by Gasteiger charge is -2.24. The number of nitrogens with one attached hydrogen (secondary N) is 1. The second-order valence-corrected chi connectivity index (χ2v) is 4.84. The first-order chi connectivity index (χ1) is 9.21. The predicted molar refractivity (Wildman–Crippen MR) is 81.4 cm³/mol. The minimum atomic E-state index is -0.0428. The quantitative estimate of drug-likeness (QED) is 0.779. The highest BCUT2D eigenvalue weighted by Gasteiger charge is 2.10. The van der Waals surface area contributed by atoms with E-state index in [-0.39, 0.29) is 6.04 Å². The number of anilines is 1. The molecular weight excluding hydrogens is 234 g/mol. The molecule has 1 atom stereocenters. The van der Waals surface area contributed by atoms with E-state index >= 15 is 0 Å². The maximum absolute atomic E-state index is 9.12. The van der Waals surface area contributed by atoms with Crippen LogP contribution in [0.2, 0.25) is 0 Å². The average molecular weight is 259 g/mol. The Morgan fingerprint density at radius 2 is 2.16 bits per heavy atom. The molecule has 0 saturated heterocycles. The fourth-order valence-corrected chi connectivity index (χ4v) is 2.11. The average Bonchev–Trinajstić information content (AvgIpc) is 2.43. The van der Waals surface area contributed by atoms with Crippen LogP contribution in [0.1, 0.15) is 32.3 Å². The number of aryl methyl sites for hydroxylation is 1. The van der Waals surface area contributed by atoms with Gasteiger partial charge in [0.15, 0.2) is 0 Å². The summed E-state index contributed by atoms with van der Waals surface area (Å²) in [7, 11) is 0. The van der Waals surface area contributed by atoms with Gasteiger partial charge in [-0.2, -0.15) is 5.26 Å². The van der Waals surface area contributed by atoms with Gasteiger partial charge in [0.1, 0.15) is 0 Å². The van der Waals surface area contributed by atoms with Crippen LogP contribution in [-0.4, -0.2) is 25.7 Å². The Labute approximate surface area is 117 Å². The van der Waals surface area contributed by atoms with Crippen LogP contribution in [0.3, 0.4) is 0 Å². The first kappa shape index (κ1) is 15.5. The Kier molecular flexibility index (Phi) is 6.99. The summed E-state index contributed by atoms with van der Waals surface area (Å²) in [4.78, 5) is 2.32. The van der Waals surface area contributed by atoms with Crippen molar-refractivity contribution in [3.05, 3.63) is 29.8 Å². The molecular formula is C16H25N3. The lowest BCUT2D eigenvalue weighted by atomic mass is 10.1. The molecule has 0 spiro atoms. The van der Waals surface area contributed by atoms with Crippen LogP contribution in [0.15, 0.2) is 24.3 Å². The van der Waals surface area contributed by atoms with E-state index in [9.17, 15) is 0 Å². The molecule has 104 valence electrons. The fourth-order valence-electron chi connectivity index (χ4n) is 2.11. The number of benzene rings is 1. The number of hydrogen-bond donors (Lipinski definition) is 1. The van der Waals surface area contributed by atoms with Crippen LogP contribution in [0.4, 0.5) is 5.69 Å². The molecule has 0 aliphatic rings. The van der Waals surface area contributed by atoms with Crippen molar-refractivity contribution < 1.29 is 0 Å². The normalized spacial score (nSPS) is 11.9. The van der Waals surface area contributed by atoms with Gasteiger partial charge in [0.25, 0.3) is 0 Å². The molecule has 0 heterocycles. The number of nitrogens with zero attached hydrogens (tertiary/aromatic N) is 2. The first-order valence-electron chi connectivity index (χ1n) is 7.15. The Hall–Kier alpha value is -1.53. The summed E-state index contributed by atoms with van der Waals surface area (Å²) in [6.07, 6.45) is 1.92. The van der Waals surface area contributed by atoms with Crippen molar-refractivity contribution in [2.75, 3.05) is 24.5 Å². The number of nitriles is 1. The zero-order valence-corrected chi connectivity index (χ0v) is 12.3. The van der Waals surface area contributed by atoms with Crippen molar-refractivity contribution in [1.29, 1.82) is 5.26 Å². The van der Waals surface area contributed by atoms with Crippen molar-refractivity contribution in [1.82, 2.24) is 5.32 Å². The SMILES string of the molecule is CCCNC(C#N)CCN(CC)c1cccc(C)c1. The van der Waals surface area contributed by atoms with Crippen molar-refractivity contribution in [2.24, 2.45) is 0 Å². The van der Waals surface area contributed by atoms with E-state index in [2.05, 4.69) is 61.3 Å². The van der Waals surface area contributed by atoms with Gasteiger partial charge < -0.3 is 10.2 Å². The highest BCUT2D eigenvalue weighted by Crippen LogP contribution is 2.16. The summed E-state index contributed by atoms with van der Waals surface area (Å²) >= 11 is 0. The molecule has 0 aliphatic carbocycles. The molecule has 0 radical (unpaired) electrons. The summed E-state index contributed by atoms with van der Waals surface area (Å²) in [6.45, 7) is 9.17. The van der Waals surface area contributed by atoms with E-state index in [0.29, 0.717) is 0 Å². The third-order valence-corrected chi connectivity index (χ3v) is 3.23. The molecule has 1 aromatic rings. The van der Waals surface area contributed by atoms with Gasteiger partial charge in [-0.1, -0.05) is 19.1 Å². The van der Waals surface area contributed by atoms with Gasteiger partial charge in [0, 0.05) is 18.8 Å². The van der Waals surface area contributed by atoms with E-state index in [4.69, 9.17) is 5.26 Å². The predicted octanol–water partition coefficient (Wildman–Crippen LogP) is 3.10. The summed E-state index contributed by atoms with van der Waals surface area (Å²) in [5.74, 6) is 0. The van der Waals surface area contributed by atoms with Crippen molar-refractivity contribution >= 4 is 5.69 Å². The third kappa shape index (κ3) is 5.32. The number of hydrogen-bond acceptors (Lipinski definition) is 3. The minimum Gasteiger partial charge on any atom is -0.372 e.